The van der Waals surface area contributed by atoms with Crippen LogP contribution >= 0.6 is 0 Å². The zero-order chi connectivity index (χ0) is 15.5. The first kappa shape index (κ1) is 14.5. The number of unbranched alkanes of at least 4 members (excludes halogenated alkanes) is 1. The van der Waals surface area contributed by atoms with E-state index in [0.29, 0.717) is 0 Å². The van der Waals surface area contributed by atoms with Gasteiger partial charge < -0.3 is 4.42 Å². The van der Waals surface area contributed by atoms with Gasteiger partial charge in [-0.05, 0) is 59.9 Å². The first-order valence-corrected chi connectivity index (χ1v) is 7.49. The van der Waals surface area contributed by atoms with Crippen molar-refractivity contribution in [3.8, 4) is 0 Å². The maximum Gasteiger partial charge on any atom is 0.181 e. The summed E-state index contributed by atoms with van der Waals surface area (Å²) in [6, 6.07) is 10.9. The van der Waals surface area contributed by atoms with Gasteiger partial charge in [-0.15, -0.1) is 0 Å². The monoisotopic (exact) mass is 295 g/mol. The Morgan fingerprint density at radius 2 is 2.09 bits per heavy atom. The average Bonchev–Trinajstić information content (AvgIpc) is 2.97. The van der Waals surface area contributed by atoms with Crippen molar-refractivity contribution in [3.05, 3.63) is 71.4 Å². The molecule has 0 spiro atoms. The summed E-state index contributed by atoms with van der Waals surface area (Å²) in [5, 5.41) is 0. The highest BCUT2D eigenvalue weighted by Crippen LogP contribution is 2.29. The maximum absolute atomic E-state index is 13.4. The Morgan fingerprint density at radius 3 is 2.86 bits per heavy atom. The van der Waals surface area contributed by atoms with Crippen molar-refractivity contribution in [1.29, 1.82) is 0 Å². The van der Waals surface area contributed by atoms with E-state index in [4.69, 9.17) is 4.42 Å². The molecule has 0 amide bonds. The predicted molar refractivity (Wildman–Crippen MR) is 87.1 cm³/mol. The zero-order valence-electron chi connectivity index (χ0n) is 12.8. The first-order chi connectivity index (χ1) is 10.7. The average molecular weight is 295 g/mol. The number of hydrogen-bond acceptors (Lipinski definition) is 2. The van der Waals surface area contributed by atoms with E-state index in [-0.39, 0.29) is 5.82 Å². The van der Waals surface area contributed by atoms with Crippen molar-refractivity contribution < 1.29 is 8.81 Å². The number of oxazole rings is 1. The molecule has 0 aliphatic heterocycles. The standard InChI is InChI=1S/C19H18FNO/c1-3-4-5-17(16-8-7-15(20)10-13(16)2)14-6-9-18-19(11-14)22-12-21-18/h5-12H,3-4H2,1-2H3/b17-5-. The van der Waals surface area contributed by atoms with Crippen molar-refractivity contribution in [3.63, 3.8) is 0 Å². The van der Waals surface area contributed by atoms with E-state index in [1.54, 1.807) is 6.07 Å². The molecule has 0 atom stereocenters. The van der Waals surface area contributed by atoms with Crippen LogP contribution in [0.15, 0.2) is 53.3 Å². The third-order valence-corrected chi connectivity index (χ3v) is 3.76. The largest absolute Gasteiger partial charge is 0.443 e. The van der Waals surface area contributed by atoms with Crippen molar-refractivity contribution in [2.75, 3.05) is 0 Å². The zero-order valence-corrected chi connectivity index (χ0v) is 12.8. The Morgan fingerprint density at radius 1 is 1.23 bits per heavy atom. The van der Waals surface area contributed by atoms with Gasteiger partial charge in [0.15, 0.2) is 12.0 Å². The second-order valence-electron chi connectivity index (χ2n) is 5.40. The molecule has 1 aromatic heterocycles. The van der Waals surface area contributed by atoms with Crippen molar-refractivity contribution >= 4 is 16.7 Å². The molecule has 0 N–H and O–H groups in total. The van der Waals surface area contributed by atoms with Crippen LogP contribution in [0.2, 0.25) is 0 Å². The molecule has 0 bridgehead atoms. The van der Waals surface area contributed by atoms with Crippen LogP contribution in [0.5, 0.6) is 0 Å². The van der Waals surface area contributed by atoms with Gasteiger partial charge >= 0.3 is 0 Å². The molecule has 2 nitrogen and oxygen atoms in total. The van der Waals surface area contributed by atoms with E-state index in [2.05, 4.69) is 18.0 Å². The van der Waals surface area contributed by atoms with Crippen LogP contribution in [0.25, 0.3) is 16.7 Å². The molecule has 1 heterocycles. The van der Waals surface area contributed by atoms with Crippen LogP contribution in [-0.2, 0) is 0 Å². The summed E-state index contributed by atoms with van der Waals surface area (Å²) in [6.07, 6.45) is 5.69. The summed E-state index contributed by atoms with van der Waals surface area (Å²) in [5.74, 6) is -0.207. The molecule has 0 radical (unpaired) electrons. The van der Waals surface area contributed by atoms with E-state index in [1.807, 2.05) is 31.2 Å². The molecule has 3 aromatic rings. The Kier molecular flexibility index (Phi) is 4.05. The van der Waals surface area contributed by atoms with Crippen molar-refractivity contribution in [1.82, 2.24) is 4.98 Å². The SMILES string of the molecule is CCC/C=C(/c1ccc2ncoc2c1)c1ccc(F)cc1C. The van der Waals surface area contributed by atoms with Gasteiger partial charge in [-0.2, -0.15) is 0 Å². The van der Waals surface area contributed by atoms with Gasteiger partial charge in [-0.1, -0.05) is 31.6 Å². The molecule has 0 aliphatic rings. The molecule has 3 heteroatoms. The summed E-state index contributed by atoms with van der Waals surface area (Å²) in [6.45, 7) is 4.08. The summed E-state index contributed by atoms with van der Waals surface area (Å²) in [7, 11) is 0. The third-order valence-electron chi connectivity index (χ3n) is 3.76. The summed E-state index contributed by atoms with van der Waals surface area (Å²) < 4.78 is 18.8. The lowest BCUT2D eigenvalue weighted by Gasteiger charge is -2.12. The van der Waals surface area contributed by atoms with Gasteiger partial charge in [0.25, 0.3) is 0 Å². The minimum absolute atomic E-state index is 0.207. The lowest BCUT2D eigenvalue weighted by atomic mass is 9.93. The normalized spacial score (nSPS) is 12.0. The number of aromatic nitrogens is 1. The number of halogens is 1. The molecular formula is C19H18FNO. The number of aryl methyl sites for hydroxylation is 1. The topological polar surface area (TPSA) is 26.0 Å². The minimum atomic E-state index is -0.207. The second-order valence-corrected chi connectivity index (χ2v) is 5.40. The van der Waals surface area contributed by atoms with Gasteiger partial charge in [0, 0.05) is 0 Å². The molecule has 0 saturated heterocycles. The van der Waals surface area contributed by atoms with E-state index < -0.39 is 0 Å². The summed E-state index contributed by atoms with van der Waals surface area (Å²) in [4.78, 5) is 4.15. The fourth-order valence-electron chi connectivity index (χ4n) is 2.62. The van der Waals surface area contributed by atoms with Gasteiger partial charge in [0.05, 0.1) is 0 Å². The Hall–Kier alpha value is -2.42. The van der Waals surface area contributed by atoms with Crippen molar-refractivity contribution in [2.24, 2.45) is 0 Å². The Bertz CT molecular complexity index is 832. The quantitative estimate of drug-likeness (QED) is 0.634. The first-order valence-electron chi connectivity index (χ1n) is 7.49. The van der Waals surface area contributed by atoms with E-state index in [9.17, 15) is 4.39 Å². The Labute approximate surface area is 129 Å². The van der Waals surface area contributed by atoms with Crippen LogP contribution in [0.3, 0.4) is 0 Å². The number of benzene rings is 2. The third kappa shape index (κ3) is 2.80. The van der Waals surface area contributed by atoms with Crippen LogP contribution in [0.4, 0.5) is 4.39 Å². The van der Waals surface area contributed by atoms with E-state index in [0.717, 1.165) is 46.2 Å². The highest BCUT2D eigenvalue weighted by Gasteiger charge is 2.10. The smallest absolute Gasteiger partial charge is 0.181 e. The maximum atomic E-state index is 13.4. The van der Waals surface area contributed by atoms with Gasteiger partial charge in [0.1, 0.15) is 11.3 Å². The van der Waals surface area contributed by atoms with Gasteiger partial charge in [0.2, 0.25) is 0 Å². The van der Waals surface area contributed by atoms with Crippen LogP contribution in [0.1, 0.15) is 36.5 Å². The highest BCUT2D eigenvalue weighted by atomic mass is 19.1. The lowest BCUT2D eigenvalue weighted by molar-refractivity contribution is 0.602. The minimum Gasteiger partial charge on any atom is -0.443 e. The highest BCUT2D eigenvalue weighted by molar-refractivity contribution is 5.86. The molecular weight excluding hydrogens is 277 g/mol. The number of nitrogens with zero attached hydrogens (tertiary/aromatic N) is 1. The van der Waals surface area contributed by atoms with Crippen LogP contribution < -0.4 is 0 Å². The van der Waals surface area contributed by atoms with Gasteiger partial charge in [-0.3, -0.25) is 0 Å². The molecule has 22 heavy (non-hydrogen) atoms. The lowest BCUT2D eigenvalue weighted by Crippen LogP contribution is -1.93. The molecule has 0 saturated carbocycles. The molecule has 0 fully saturated rings. The molecule has 0 aliphatic carbocycles. The van der Waals surface area contributed by atoms with E-state index in [1.165, 1.54) is 12.5 Å². The summed E-state index contributed by atoms with van der Waals surface area (Å²) in [5.41, 5.74) is 5.76. The fraction of sp³-hybridized carbons (Fsp3) is 0.211. The van der Waals surface area contributed by atoms with Crippen LogP contribution in [0, 0.1) is 12.7 Å². The predicted octanol–water partition coefficient (Wildman–Crippen LogP) is 5.51. The molecule has 112 valence electrons. The van der Waals surface area contributed by atoms with Gasteiger partial charge in [-0.25, -0.2) is 9.37 Å². The number of allylic oxidation sites excluding steroid dienone is 1. The fourth-order valence-corrected chi connectivity index (χ4v) is 2.62. The number of hydrogen-bond donors (Lipinski definition) is 0. The molecule has 2 aromatic carbocycles. The van der Waals surface area contributed by atoms with Crippen molar-refractivity contribution in [2.45, 2.75) is 26.7 Å². The Balaban J connectivity index is 2.13. The molecule has 0 unspecified atom stereocenters. The summed E-state index contributed by atoms with van der Waals surface area (Å²) >= 11 is 0. The number of rotatable bonds is 4. The molecule has 3 rings (SSSR count). The second kappa shape index (κ2) is 6.14. The number of fused-ring (bicyclic) bond motifs is 1. The van der Waals surface area contributed by atoms with E-state index >= 15 is 0 Å². The van der Waals surface area contributed by atoms with Crippen LogP contribution in [-0.4, -0.2) is 4.98 Å².